The van der Waals surface area contributed by atoms with Gasteiger partial charge in [0.2, 0.25) is 10.0 Å². The van der Waals surface area contributed by atoms with Crippen molar-refractivity contribution < 1.29 is 12.8 Å². The Balaban J connectivity index is 2.03. The fourth-order valence-corrected chi connectivity index (χ4v) is 5.45. The molecule has 0 amide bonds. The van der Waals surface area contributed by atoms with Crippen LogP contribution in [0.3, 0.4) is 0 Å². The summed E-state index contributed by atoms with van der Waals surface area (Å²) in [6.07, 6.45) is 1.83. The van der Waals surface area contributed by atoms with E-state index in [2.05, 4.69) is 11.2 Å². The molecule has 0 unspecified atom stereocenters. The Hall–Kier alpha value is -3.97. The number of hydrogen-bond acceptors (Lipinski definition) is 5. The third-order valence-electron chi connectivity index (χ3n) is 5.44. The first kappa shape index (κ1) is 23.2. The van der Waals surface area contributed by atoms with Crippen molar-refractivity contribution in [2.45, 2.75) is 26.9 Å². The molecule has 8 nitrogen and oxygen atoms in total. The van der Waals surface area contributed by atoms with Crippen LogP contribution in [-0.4, -0.2) is 32.5 Å². The second kappa shape index (κ2) is 9.11. The summed E-state index contributed by atoms with van der Waals surface area (Å²) in [5.74, 6) is -0.223. The molecule has 0 atom stereocenters. The Bertz CT molecular complexity index is 1560. The summed E-state index contributed by atoms with van der Waals surface area (Å²) in [4.78, 5) is 13.5. The third kappa shape index (κ3) is 3.95. The average molecular weight is 480 g/mol. The van der Waals surface area contributed by atoms with Crippen molar-refractivity contribution >= 4 is 10.0 Å². The molecule has 0 aliphatic heterocycles. The van der Waals surface area contributed by atoms with Crippen LogP contribution in [0.1, 0.15) is 30.2 Å². The Morgan fingerprint density at radius 3 is 2.47 bits per heavy atom. The fourth-order valence-electron chi connectivity index (χ4n) is 3.93. The lowest BCUT2D eigenvalue weighted by atomic mass is 10.2. The summed E-state index contributed by atoms with van der Waals surface area (Å²) >= 11 is 0. The minimum Gasteiger partial charge on any atom is -0.264 e. The van der Waals surface area contributed by atoms with E-state index >= 15 is 0 Å². The minimum absolute atomic E-state index is 0.172. The summed E-state index contributed by atoms with van der Waals surface area (Å²) in [6, 6.07) is 16.7. The number of alkyl halides is 1. The van der Waals surface area contributed by atoms with Gasteiger partial charge in [0.25, 0.3) is 0 Å². The topological polar surface area (TPSA) is 103 Å². The molecule has 0 N–H and O–H groups in total. The SMILES string of the molecule is CCCS(=O)(=O)n1c(-c2ccnn2-c2ccc(C#N)cc2)c(C)n(-c2cccc(CF)c2)c1=O. The first-order valence-corrected chi connectivity index (χ1v) is 12.2. The fraction of sp³-hybridized carbons (Fsp3) is 0.208. The van der Waals surface area contributed by atoms with Crippen molar-refractivity contribution in [3.8, 4) is 28.8 Å². The number of imidazole rings is 1. The van der Waals surface area contributed by atoms with Gasteiger partial charge in [-0.15, -0.1) is 0 Å². The van der Waals surface area contributed by atoms with E-state index in [9.17, 15) is 17.6 Å². The first-order valence-electron chi connectivity index (χ1n) is 10.6. The molecule has 0 fully saturated rings. The predicted octanol–water partition coefficient (Wildman–Crippen LogP) is 3.73. The highest BCUT2D eigenvalue weighted by Crippen LogP contribution is 2.28. The van der Waals surface area contributed by atoms with Crippen LogP contribution in [0.5, 0.6) is 0 Å². The lowest BCUT2D eigenvalue weighted by Crippen LogP contribution is -2.31. The lowest BCUT2D eigenvalue weighted by molar-refractivity contribution is 0.485. The van der Waals surface area contributed by atoms with Crippen LogP contribution in [0.25, 0.3) is 22.8 Å². The van der Waals surface area contributed by atoms with Gasteiger partial charge in [0.1, 0.15) is 12.4 Å². The Labute approximate surface area is 196 Å². The van der Waals surface area contributed by atoms with Crippen LogP contribution in [0.4, 0.5) is 4.39 Å². The minimum atomic E-state index is -4.01. The van der Waals surface area contributed by atoms with Crippen molar-refractivity contribution in [2.75, 3.05) is 5.75 Å². The van der Waals surface area contributed by atoms with Crippen molar-refractivity contribution in [1.82, 2.24) is 18.3 Å². The Morgan fingerprint density at radius 1 is 1.09 bits per heavy atom. The molecule has 34 heavy (non-hydrogen) atoms. The van der Waals surface area contributed by atoms with E-state index < -0.39 is 22.4 Å². The van der Waals surface area contributed by atoms with Gasteiger partial charge in [0, 0.05) is 0 Å². The average Bonchev–Trinajstić information content (AvgIpc) is 3.41. The molecular formula is C24H22FN5O3S. The van der Waals surface area contributed by atoms with Gasteiger partial charge < -0.3 is 0 Å². The van der Waals surface area contributed by atoms with E-state index in [0.29, 0.717) is 40.3 Å². The molecule has 4 rings (SSSR count). The molecule has 0 spiro atoms. The largest absolute Gasteiger partial charge is 0.347 e. The van der Waals surface area contributed by atoms with Crippen LogP contribution in [0.2, 0.25) is 0 Å². The number of hydrogen-bond donors (Lipinski definition) is 0. The predicted molar refractivity (Wildman–Crippen MR) is 126 cm³/mol. The van der Waals surface area contributed by atoms with E-state index in [1.807, 2.05) is 0 Å². The van der Waals surface area contributed by atoms with Gasteiger partial charge in [-0.1, -0.05) is 19.1 Å². The van der Waals surface area contributed by atoms with Gasteiger partial charge in [-0.2, -0.15) is 14.3 Å². The number of rotatable bonds is 7. The molecule has 0 saturated carbocycles. The quantitative estimate of drug-likeness (QED) is 0.402. The Kier molecular flexibility index (Phi) is 6.22. The summed E-state index contributed by atoms with van der Waals surface area (Å²) < 4.78 is 43.4. The normalized spacial score (nSPS) is 11.5. The molecule has 2 aromatic carbocycles. The number of benzene rings is 2. The molecule has 0 radical (unpaired) electrons. The Morgan fingerprint density at radius 2 is 1.82 bits per heavy atom. The molecular weight excluding hydrogens is 457 g/mol. The molecule has 4 aromatic rings. The molecule has 2 heterocycles. The van der Waals surface area contributed by atoms with Crippen LogP contribution >= 0.6 is 0 Å². The van der Waals surface area contributed by atoms with E-state index in [4.69, 9.17) is 5.26 Å². The highest BCUT2D eigenvalue weighted by atomic mass is 32.2. The molecule has 0 bridgehead atoms. The van der Waals surface area contributed by atoms with Crippen molar-refractivity contribution in [2.24, 2.45) is 0 Å². The summed E-state index contributed by atoms with van der Waals surface area (Å²) in [7, 11) is -4.01. The first-order chi connectivity index (χ1) is 16.3. The lowest BCUT2D eigenvalue weighted by Gasteiger charge is -2.11. The molecule has 2 aromatic heterocycles. The number of nitriles is 1. The third-order valence-corrected chi connectivity index (χ3v) is 7.26. The maximum Gasteiger partial charge on any atom is 0.347 e. The van der Waals surface area contributed by atoms with E-state index in [0.717, 1.165) is 3.97 Å². The maximum absolute atomic E-state index is 13.5. The van der Waals surface area contributed by atoms with E-state index in [1.165, 1.54) is 21.5 Å². The van der Waals surface area contributed by atoms with E-state index in [1.54, 1.807) is 62.4 Å². The molecule has 0 saturated heterocycles. The van der Waals surface area contributed by atoms with Crippen LogP contribution < -0.4 is 5.69 Å². The second-order valence-electron chi connectivity index (χ2n) is 7.72. The molecule has 0 aliphatic rings. The van der Waals surface area contributed by atoms with E-state index in [-0.39, 0.29) is 11.4 Å². The zero-order valence-corrected chi connectivity index (χ0v) is 19.5. The number of nitrogens with zero attached hydrogens (tertiary/aromatic N) is 5. The van der Waals surface area contributed by atoms with Crippen molar-refractivity contribution in [1.29, 1.82) is 5.26 Å². The maximum atomic E-state index is 13.5. The van der Waals surface area contributed by atoms with Crippen molar-refractivity contribution in [3.63, 3.8) is 0 Å². The summed E-state index contributed by atoms with van der Waals surface area (Å²) in [5.41, 5.74) is 1.98. The zero-order valence-electron chi connectivity index (χ0n) is 18.6. The highest BCUT2D eigenvalue weighted by molar-refractivity contribution is 7.89. The van der Waals surface area contributed by atoms with Crippen LogP contribution in [0, 0.1) is 18.3 Å². The summed E-state index contributed by atoms with van der Waals surface area (Å²) in [6.45, 7) is 2.65. The monoisotopic (exact) mass is 479 g/mol. The molecule has 174 valence electrons. The van der Waals surface area contributed by atoms with Crippen LogP contribution in [0.15, 0.2) is 65.6 Å². The van der Waals surface area contributed by atoms with Gasteiger partial charge >= 0.3 is 5.69 Å². The smallest absolute Gasteiger partial charge is 0.264 e. The second-order valence-corrected chi connectivity index (χ2v) is 9.66. The van der Waals surface area contributed by atoms with Gasteiger partial charge in [0.05, 0.1) is 46.3 Å². The van der Waals surface area contributed by atoms with Gasteiger partial charge in [0.15, 0.2) is 0 Å². The van der Waals surface area contributed by atoms with Crippen molar-refractivity contribution in [3.05, 3.63) is 88.1 Å². The molecule has 10 heteroatoms. The molecule has 0 aliphatic carbocycles. The summed E-state index contributed by atoms with van der Waals surface area (Å²) in [5, 5.41) is 13.4. The van der Waals surface area contributed by atoms with Gasteiger partial charge in [-0.3, -0.25) is 4.57 Å². The number of halogens is 1. The number of aromatic nitrogens is 4. The standard InChI is InChI=1S/C24H22FN5O3S/c1-3-13-34(32,33)30-23(17(2)28(24(30)31)21-6-4-5-19(14-21)15-25)22-11-12-27-29(22)20-9-7-18(16-26)8-10-20/h4-12,14H,3,13,15H2,1-2H3. The highest BCUT2D eigenvalue weighted by Gasteiger charge is 2.29. The zero-order chi connectivity index (χ0) is 24.5. The van der Waals surface area contributed by atoms with Gasteiger partial charge in [-0.05, 0) is 61.4 Å². The van der Waals surface area contributed by atoms with Crippen LogP contribution in [-0.2, 0) is 16.7 Å². The van der Waals surface area contributed by atoms with Gasteiger partial charge in [-0.25, -0.2) is 22.3 Å².